The van der Waals surface area contributed by atoms with E-state index < -0.39 is 17.9 Å². The molecule has 2 unspecified atom stereocenters. The van der Waals surface area contributed by atoms with Crippen LogP contribution in [0.2, 0.25) is 0 Å². The quantitative estimate of drug-likeness (QED) is 0.234. The van der Waals surface area contributed by atoms with Crippen molar-refractivity contribution in [2.24, 2.45) is 5.92 Å². The van der Waals surface area contributed by atoms with Gasteiger partial charge in [-0.05, 0) is 43.8 Å². The van der Waals surface area contributed by atoms with E-state index in [0.717, 1.165) is 16.0 Å². The third kappa shape index (κ3) is 5.17. The van der Waals surface area contributed by atoms with Gasteiger partial charge in [0, 0.05) is 32.0 Å². The molecule has 0 spiro atoms. The Morgan fingerprint density at radius 1 is 1.32 bits per heavy atom. The molecule has 11 heteroatoms. The number of anilines is 1. The lowest BCUT2D eigenvalue weighted by Crippen LogP contribution is -2.53. The zero-order chi connectivity index (χ0) is 26.2. The Hall–Kier alpha value is -3.12. The van der Waals surface area contributed by atoms with Crippen molar-refractivity contribution < 1.29 is 19.4 Å². The number of nitrogens with one attached hydrogen (secondary N) is 3. The van der Waals surface area contributed by atoms with Crippen LogP contribution in [-0.2, 0) is 9.53 Å². The van der Waals surface area contributed by atoms with E-state index in [2.05, 4.69) is 41.4 Å². The van der Waals surface area contributed by atoms with E-state index in [-0.39, 0.29) is 24.0 Å². The summed E-state index contributed by atoms with van der Waals surface area (Å²) in [5.74, 6) is 1.48. The molecule has 1 aliphatic heterocycles. The average molecular weight is 525 g/mol. The van der Waals surface area contributed by atoms with E-state index in [1.165, 1.54) is 18.4 Å². The summed E-state index contributed by atoms with van der Waals surface area (Å²) in [5.41, 5.74) is 0.604. The second kappa shape index (κ2) is 10.3. The van der Waals surface area contributed by atoms with Crippen LogP contribution in [0, 0.1) is 5.92 Å². The fourth-order valence-electron chi connectivity index (χ4n) is 4.73. The smallest absolute Gasteiger partial charge is 0.237 e. The predicted molar refractivity (Wildman–Crippen MR) is 142 cm³/mol. The Balaban J connectivity index is 1.31. The Morgan fingerprint density at radius 3 is 2.89 bits per heavy atom. The Bertz CT molecular complexity index is 1300. The first kappa shape index (κ1) is 25.5. The van der Waals surface area contributed by atoms with Gasteiger partial charge in [-0.3, -0.25) is 4.79 Å². The summed E-state index contributed by atoms with van der Waals surface area (Å²) in [6, 6.07) is 7.43. The lowest BCUT2D eigenvalue weighted by molar-refractivity contribution is -0.135. The summed E-state index contributed by atoms with van der Waals surface area (Å²) in [4.78, 5) is 27.1. The molecule has 1 saturated carbocycles. The van der Waals surface area contributed by atoms with E-state index in [1.807, 2.05) is 29.6 Å². The molecule has 5 rings (SSSR count). The average Bonchev–Trinajstić information content (AvgIpc) is 3.20. The van der Waals surface area contributed by atoms with E-state index in [0.29, 0.717) is 36.8 Å². The van der Waals surface area contributed by atoms with Crippen LogP contribution in [0.15, 0.2) is 42.3 Å². The molecule has 0 radical (unpaired) electrons. The highest BCUT2D eigenvalue weighted by Gasteiger charge is 2.59. The minimum atomic E-state index is -1.10. The number of aliphatic hydroxyl groups is 1. The fraction of sp³-hybridized carbons (Fsp3) is 0.462. The van der Waals surface area contributed by atoms with Gasteiger partial charge >= 0.3 is 0 Å². The van der Waals surface area contributed by atoms with Crippen molar-refractivity contribution in [3.63, 3.8) is 0 Å². The SMILES string of the molecule is C=C[C@@H]1C[C@]1(NC(=O)[C@@H]1CC(Oc2nc(-c3cccc(NC(C)C)n3)nc3ccsc23)CN1)C(O)OC. The molecule has 0 bridgehead atoms. The standard InChI is InChI=1S/C26H32N6O4S/c1-5-15-12-26(15,25(34)35-4)32-23(33)19-11-16(13-27-19)36-24-21-17(9-10-37-21)30-22(31-24)18-7-6-8-20(29-18)28-14(2)3/h5-10,14-16,19,25,27,34H,1,11-13H2,2-4H3,(H,28,29)(H,32,33)/t15-,16?,19+,25?,26-/m1/s1. The monoisotopic (exact) mass is 524 g/mol. The summed E-state index contributed by atoms with van der Waals surface area (Å²) in [6.07, 6.45) is 1.43. The van der Waals surface area contributed by atoms with Crippen LogP contribution in [0.4, 0.5) is 5.82 Å². The normalized spacial score (nSPS) is 25.7. The van der Waals surface area contributed by atoms with Crippen molar-refractivity contribution in [2.45, 2.75) is 56.7 Å². The van der Waals surface area contributed by atoms with Crippen molar-refractivity contribution in [3.05, 3.63) is 42.3 Å². The number of ether oxygens (including phenoxy) is 2. The molecule has 37 heavy (non-hydrogen) atoms. The zero-order valence-corrected chi connectivity index (χ0v) is 21.9. The van der Waals surface area contributed by atoms with Gasteiger partial charge in [-0.25, -0.2) is 9.97 Å². The molecule has 5 atom stereocenters. The second-order valence-corrected chi connectivity index (χ2v) is 10.7. The summed E-state index contributed by atoms with van der Waals surface area (Å²) in [6.45, 7) is 8.39. The van der Waals surface area contributed by atoms with Crippen LogP contribution in [0.1, 0.15) is 26.7 Å². The molecule has 196 valence electrons. The number of nitrogens with zero attached hydrogens (tertiary/aromatic N) is 3. The number of fused-ring (bicyclic) bond motifs is 1. The first-order chi connectivity index (χ1) is 17.8. The van der Waals surface area contributed by atoms with E-state index in [1.54, 1.807) is 6.08 Å². The van der Waals surface area contributed by atoms with Crippen molar-refractivity contribution >= 4 is 33.3 Å². The molecular weight excluding hydrogens is 492 g/mol. The van der Waals surface area contributed by atoms with E-state index in [4.69, 9.17) is 19.4 Å². The van der Waals surface area contributed by atoms with Gasteiger partial charge in [0.2, 0.25) is 11.8 Å². The number of rotatable bonds is 10. The molecule has 2 aliphatic rings. The number of hydrogen-bond acceptors (Lipinski definition) is 10. The molecule has 10 nitrogen and oxygen atoms in total. The Morgan fingerprint density at radius 2 is 2.16 bits per heavy atom. The number of carbonyl (C=O) groups excluding carboxylic acids is 1. The van der Waals surface area contributed by atoms with E-state index >= 15 is 0 Å². The maximum Gasteiger partial charge on any atom is 0.237 e. The molecule has 4 heterocycles. The number of pyridine rings is 1. The highest BCUT2D eigenvalue weighted by Crippen LogP contribution is 2.47. The van der Waals surface area contributed by atoms with Gasteiger partial charge in [-0.15, -0.1) is 17.9 Å². The molecule has 1 aliphatic carbocycles. The lowest BCUT2D eigenvalue weighted by Gasteiger charge is -2.25. The number of aliphatic hydroxyl groups excluding tert-OH is 1. The number of methoxy groups -OCH3 is 1. The van der Waals surface area contributed by atoms with Gasteiger partial charge in [0.15, 0.2) is 12.1 Å². The third-order valence-corrected chi connectivity index (χ3v) is 7.63. The summed E-state index contributed by atoms with van der Waals surface area (Å²) < 4.78 is 12.3. The van der Waals surface area contributed by atoms with E-state index in [9.17, 15) is 9.90 Å². The second-order valence-electron chi connectivity index (χ2n) is 9.79. The third-order valence-electron chi connectivity index (χ3n) is 6.74. The highest BCUT2D eigenvalue weighted by molar-refractivity contribution is 7.17. The van der Waals surface area contributed by atoms with Crippen LogP contribution >= 0.6 is 11.3 Å². The molecule has 4 N–H and O–H groups in total. The van der Waals surface area contributed by atoms with Crippen LogP contribution in [0.3, 0.4) is 0 Å². The maximum absolute atomic E-state index is 13.0. The van der Waals surface area contributed by atoms with Crippen LogP contribution < -0.4 is 20.7 Å². The zero-order valence-electron chi connectivity index (χ0n) is 21.1. The first-order valence-corrected chi connectivity index (χ1v) is 13.3. The molecule has 0 aromatic carbocycles. The van der Waals surface area contributed by atoms with Gasteiger partial charge in [0.05, 0.1) is 17.1 Å². The van der Waals surface area contributed by atoms with Gasteiger partial charge in [-0.2, -0.15) is 4.98 Å². The van der Waals surface area contributed by atoms with Gasteiger partial charge in [0.1, 0.15) is 22.3 Å². The van der Waals surface area contributed by atoms with Crippen LogP contribution in [0.25, 0.3) is 21.7 Å². The number of carbonyl (C=O) groups is 1. The Kier molecular flexibility index (Phi) is 7.13. The molecule has 1 amide bonds. The predicted octanol–water partition coefficient (Wildman–Crippen LogP) is 2.71. The number of hydrogen-bond donors (Lipinski definition) is 4. The molecule has 1 saturated heterocycles. The summed E-state index contributed by atoms with van der Waals surface area (Å²) in [5, 5.41) is 21.8. The highest BCUT2D eigenvalue weighted by atomic mass is 32.1. The molecule has 3 aromatic rings. The number of aromatic nitrogens is 3. The molecule has 2 fully saturated rings. The van der Waals surface area contributed by atoms with Crippen molar-refractivity contribution in [3.8, 4) is 17.4 Å². The maximum atomic E-state index is 13.0. The first-order valence-electron chi connectivity index (χ1n) is 12.4. The van der Waals surface area contributed by atoms with Crippen LogP contribution in [0.5, 0.6) is 5.88 Å². The number of thiophene rings is 1. The van der Waals surface area contributed by atoms with Gasteiger partial charge in [0.25, 0.3) is 0 Å². The summed E-state index contributed by atoms with van der Waals surface area (Å²) >= 11 is 1.51. The largest absolute Gasteiger partial charge is 0.472 e. The van der Waals surface area contributed by atoms with Crippen molar-refractivity contribution in [1.82, 2.24) is 25.6 Å². The minimum absolute atomic E-state index is 0.0331. The van der Waals surface area contributed by atoms with Crippen LogP contribution in [-0.4, -0.2) is 69.6 Å². The van der Waals surface area contributed by atoms with Crippen molar-refractivity contribution in [1.29, 1.82) is 0 Å². The fourth-order valence-corrected chi connectivity index (χ4v) is 5.49. The Labute approximate surface area is 219 Å². The lowest BCUT2D eigenvalue weighted by atomic mass is 10.1. The number of amides is 1. The molecular formula is C26H32N6O4S. The van der Waals surface area contributed by atoms with Gasteiger partial charge in [-0.1, -0.05) is 12.1 Å². The molecule has 3 aromatic heterocycles. The summed E-state index contributed by atoms with van der Waals surface area (Å²) in [7, 11) is 1.42. The minimum Gasteiger partial charge on any atom is -0.472 e. The topological polar surface area (TPSA) is 131 Å². The van der Waals surface area contributed by atoms with Gasteiger partial charge < -0.3 is 30.5 Å². The van der Waals surface area contributed by atoms with Crippen molar-refractivity contribution in [2.75, 3.05) is 19.0 Å².